The van der Waals surface area contributed by atoms with Gasteiger partial charge in [0.25, 0.3) is 5.91 Å². The fraction of sp³-hybridized carbons (Fsp3) is 0.360. The number of H-pyrrole nitrogens is 1. The molecule has 0 aliphatic carbocycles. The number of likely N-dealkylation sites (tertiary alicyclic amines) is 1. The third-order valence-corrected chi connectivity index (χ3v) is 6.41. The molecule has 1 amide bonds. The van der Waals surface area contributed by atoms with Crippen LogP contribution < -0.4 is 0 Å². The maximum absolute atomic E-state index is 12.9. The second-order valence-corrected chi connectivity index (χ2v) is 8.61. The number of aryl methyl sites for hydroxylation is 1. The highest BCUT2D eigenvalue weighted by Gasteiger charge is 2.24. The van der Waals surface area contributed by atoms with Gasteiger partial charge in [-0.25, -0.2) is 0 Å². The number of fused-ring (bicyclic) bond motifs is 1. The first-order chi connectivity index (χ1) is 15.8. The lowest BCUT2D eigenvalue weighted by molar-refractivity contribution is 0.0680. The highest BCUT2D eigenvalue weighted by atomic mass is 16.2. The van der Waals surface area contributed by atoms with E-state index in [0.29, 0.717) is 11.6 Å². The van der Waals surface area contributed by atoms with Crippen LogP contribution in [0.2, 0.25) is 0 Å². The molecule has 164 valence electrons. The fourth-order valence-electron chi connectivity index (χ4n) is 4.54. The molecule has 0 spiro atoms. The zero-order chi connectivity index (χ0) is 21.8. The van der Waals surface area contributed by atoms with Gasteiger partial charge in [-0.05, 0) is 49.4 Å². The number of aromatic nitrogens is 5. The van der Waals surface area contributed by atoms with Crippen molar-refractivity contribution in [2.24, 2.45) is 5.92 Å². The number of carbonyl (C=O) groups excluding carboxylic acids is 1. The number of unbranched alkanes of at least 4 members (excludes halogenated alkanes) is 1. The molecule has 1 aromatic carbocycles. The van der Waals surface area contributed by atoms with Gasteiger partial charge in [0.1, 0.15) is 11.4 Å². The zero-order valence-corrected chi connectivity index (χ0v) is 18.2. The maximum atomic E-state index is 12.9. The van der Waals surface area contributed by atoms with E-state index in [0.717, 1.165) is 61.1 Å². The lowest BCUT2D eigenvalue weighted by atomic mass is 9.91. The van der Waals surface area contributed by atoms with Crippen molar-refractivity contribution in [1.82, 2.24) is 29.9 Å². The van der Waals surface area contributed by atoms with Crippen LogP contribution in [0.3, 0.4) is 0 Å². The SMILES string of the molecule is O=C(c1cc2ccccc2[nH]1)N1CCC(CCCCn2cc(-c3cccnc3)nn2)CC1. The molecule has 4 aromatic rings. The number of pyridine rings is 1. The molecule has 0 bridgehead atoms. The van der Waals surface area contributed by atoms with Crippen LogP contribution in [0, 0.1) is 5.92 Å². The molecule has 7 heteroatoms. The topological polar surface area (TPSA) is 79.7 Å². The van der Waals surface area contributed by atoms with Gasteiger partial charge in [-0.3, -0.25) is 14.5 Å². The van der Waals surface area contributed by atoms with Gasteiger partial charge in [0.05, 0.1) is 6.20 Å². The van der Waals surface area contributed by atoms with Gasteiger partial charge in [-0.2, -0.15) is 0 Å². The Balaban J connectivity index is 1.05. The van der Waals surface area contributed by atoms with E-state index in [1.807, 2.05) is 64.4 Å². The molecule has 0 radical (unpaired) electrons. The van der Waals surface area contributed by atoms with Gasteiger partial charge >= 0.3 is 0 Å². The van der Waals surface area contributed by atoms with E-state index in [9.17, 15) is 4.79 Å². The Kier molecular flexibility index (Phi) is 5.96. The van der Waals surface area contributed by atoms with Crippen LogP contribution in [0.4, 0.5) is 0 Å². The molecule has 4 heterocycles. The highest BCUT2D eigenvalue weighted by Crippen LogP contribution is 2.25. The van der Waals surface area contributed by atoms with Crippen molar-refractivity contribution in [2.75, 3.05) is 13.1 Å². The predicted molar refractivity (Wildman–Crippen MR) is 124 cm³/mol. The first-order valence-corrected chi connectivity index (χ1v) is 11.4. The number of carbonyl (C=O) groups is 1. The van der Waals surface area contributed by atoms with Crippen LogP contribution in [0.5, 0.6) is 0 Å². The van der Waals surface area contributed by atoms with Gasteiger partial charge in [-0.15, -0.1) is 5.10 Å². The smallest absolute Gasteiger partial charge is 0.270 e. The average molecular weight is 429 g/mol. The number of benzene rings is 1. The van der Waals surface area contributed by atoms with E-state index < -0.39 is 0 Å². The van der Waals surface area contributed by atoms with Crippen molar-refractivity contribution >= 4 is 16.8 Å². The Bertz CT molecular complexity index is 1140. The fourth-order valence-corrected chi connectivity index (χ4v) is 4.54. The molecule has 0 saturated carbocycles. The molecule has 0 atom stereocenters. The molecule has 1 N–H and O–H groups in total. The molecule has 1 aliphatic heterocycles. The van der Waals surface area contributed by atoms with Crippen molar-refractivity contribution in [3.8, 4) is 11.3 Å². The standard InChI is InChI=1S/C25H28N6O/c32-25(23-16-20-7-1-2-9-22(20)27-23)30-14-10-19(11-15-30)6-3-4-13-31-18-24(28-29-31)21-8-5-12-26-17-21/h1-2,5,7-9,12,16-19,27H,3-4,6,10-11,13-15H2. The van der Waals surface area contributed by atoms with E-state index in [4.69, 9.17) is 0 Å². The van der Waals surface area contributed by atoms with Gasteiger partial charge in [0, 0.05) is 48.5 Å². The molecule has 1 aliphatic rings. The molecule has 0 unspecified atom stereocenters. The summed E-state index contributed by atoms with van der Waals surface area (Å²) in [5.41, 5.74) is 3.58. The van der Waals surface area contributed by atoms with Crippen LogP contribution in [0.15, 0.2) is 61.1 Å². The lowest BCUT2D eigenvalue weighted by Crippen LogP contribution is -2.38. The van der Waals surface area contributed by atoms with Crippen molar-refractivity contribution in [2.45, 2.75) is 38.6 Å². The third-order valence-electron chi connectivity index (χ3n) is 6.41. The predicted octanol–water partition coefficient (Wildman–Crippen LogP) is 4.54. The molecule has 1 fully saturated rings. The minimum atomic E-state index is 0.121. The molecule has 32 heavy (non-hydrogen) atoms. The quantitative estimate of drug-likeness (QED) is 0.438. The Hall–Kier alpha value is -3.48. The Morgan fingerprint density at radius 2 is 1.97 bits per heavy atom. The minimum absolute atomic E-state index is 0.121. The summed E-state index contributed by atoms with van der Waals surface area (Å²) in [7, 11) is 0. The number of nitrogens with zero attached hydrogens (tertiary/aromatic N) is 5. The zero-order valence-electron chi connectivity index (χ0n) is 18.2. The van der Waals surface area contributed by atoms with E-state index >= 15 is 0 Å². The summed E-state index contributed by atoms with van der Waals surface area (Å²) < 4.78 is 1.92. The number of hydrogen-bond acceptors (Lipinski definition) is 4. The van der Waals surface area contributed by atoms with E-state index in [-0.39, 0.29) is 5.91 Å². The van der Waals surface area contributed by atoms with Crippen molar-refractivity contribution in [1.29, 1.82) is 0 Å². The summed E-state index contributed by atoms with van der Waals surface area (Å²) >= 11 is 0. The summed E-state index contributed by atoms with van der Waals surface area (Å²) in [4.78, 5) is 22.3. The van der Waals surface area contributed by atoms with Gasteiger partial charge in [-0.1, -0.05) is 36.3 Å². The second kappa shape index (κ2) is 9.34. The number of hydrogen-bond donors (Lipinski definition) is 1. The van der Waals surface area contributed by atoms with Crippen molar-refractivity contribution < 1.29 is 4.79 Å². The van der Waals surface area contributed by atoms with Crippen molar-refractivity contribution in [3.05, 3.63) is 66.7 Å². The van der Waals surface area contributed by atoms with E-state index in [2.05, 4.69) is 20.3 Å². The number of amides is 1. The number of aromatic amines is 1. The first kappa shape index (κ1) is 20.4. The molecule has 1 saturated heterocycles. The van der Waals surface area contributed by atoms with E-state index in [1.54, 1.807) is 6.20 Å². The summed E-state index contributed by atoms with van der Waals surface area (Å²) in [6.45, 7) is 2.57. The second-order valence-electron chi connectivity index (χ2n) is 8.61. The molecular formula is C25H28N6O. The minimum Gasteiger partial charge on any atom is -0.351 e. The summed E-state index contributed by atoms with van der Waals surface area (Å²) in [5.74, 6) is 0.818. The van der Waals surface area contributed by atoms with Crippen molar-refractivity contribution in [3.63, 3.8) is 0 Å². The summed E-state index contributed by atoms with van der Waals surface area (Å²) in [6.07, 6.45) is 11.2. The Labute approximate surface area is 187 Å². The van der Waals surface area contributed by atoms with Crippen LogP contribution in [0.25, 0.3) is 22.2 Å². The van der Waals surface area contributed by atoms with Crippen LogP contribution in [0.1, 0.15) is 42.6 Å². The van der Waals surface area contributed by atoms with Crippen LogP contribution >= 0.6 is 0 Å². The summed E-state index contributed by atoms with van der Waals surface area (Å²) in [6, 6.07) is 13.9. The average Bonchev–Trinajstić information content (AvgIpc) is 3.50. The maximum Gasteiger partial charge on any atom is 0.270 e. The lowest BCUT2D eigenvalue weighted by Gasteiger charge is -2.31. The first-order valence-electron chi connectivity index (χ1n) is 11.4. The third kappa shape index (κ3) is 4.56. The van der Waals surface area contributed by atoms with Crippen LogP contribution in [-0.2, 0) is 6.54 Å². The van der Waals surface area contributed by atoms with E-state index in [1.165, 1.54) is 12.8 Å². The Morgan fingerprint density at radius 1 is 1.09 bits per heavy atom. The van der Waals surface area contributed by atoms with Gasteiger partial charge in [0.15, 0.2) is 0 Å². The number of piperidine rings is 1. The summed E-state index contributed by atoms with van der Waals surface area (Å²) in [5, 5.41) is 9.58. The molecule has 7 nitrogen and oxygen atoms in total. The number of rotatable bonds is 7. The van der Waals surface area contributed by atoms with Gasteiger partial charge in [0.2, 0.25) is 0 Å². The Morgan fingerprint density at radius 3 is 2.78 bits per heavy atom. The highest BCUT2D eigenvalue weighted by molar-refractivity contribution is 5.98. The largest absolute Gasteiger partial charge is 0.351 e. The van der Waals surface area contributed by atoms with Gasteiger partial charge < -0.3 is 9.88 Å². The normalized spacial score (nSPS) is 14.8. The molecule has 5 rings (SSSR count). The van der Waals surface area contributed by atoms with Crippen LogP contribution in [-0.4, -0.2) is 48.9 Å². The monoisotopic (exact) mass is 428 g/mol. The molecular weight excluding hydrogens is 400 g/mol. The number of para-hydroxylation sites is 1. The molecule has 3 aromatic heterocycles. The number of nitrogens with one attached hydrogen (secondary N) is 1.